The average Bonchev–Trinajstić information content (AvgIpc) is 3.57. The molecule has 0 aliphatic heterocycles. The summed E-state index contributed by atoms with van der Waals surface area (Å²) in [6.45, 7) is 9.88. The van der Waals surface area contributed by atoms with Gasteiger partial charge in [-0.2, -0.15) is 0 Å². The minimum atomic E-state index is -0.439. The smallest absolute Gasteiger partial charge is 0.300 e. The molecule has 9 atom stereocenters. The molecule has 3 fully saturated rings. The van der Waals surface area contributed by atoms with E-state index in [4.69, 9.17) is 4.63 Å². The molecule has 3 saturated carbocycles. The van der Waals surface area contributed by atoms with E-state index in [-0.39, 0.29) is 23.3 Å². The Balaban J connectivity index is 1.07. The van der Waals surface area contributed by atoms with Gasteiger partial charge in [0.1, 0.15) is 0 Å². The zero-order valence-electron chi connectivity index (χ0n) is 25.5. The third-order valence-electron chi connectivity index (χ3n) is 12.7. The Morgan fingerprint density at radius 2 is 1.88 bits per heavy atom. The monoisotopic (exact) mass is 564 g/mol. The van der Waals surface area contributed by atoms with Gasteiger partial charge in [0.15, 0.2) is 5.52 Å². The third-order valence-corrected chi connectivity index (χ3v) is 12.7. The number of rotatable bonds is 8. The first-order valence-corrected chi connectivity index (χ1v) is 16.0. The number of aliphatic hydroxyl groups excluding tert-OH is 1. The Hall–Kier alpha value is -2.48. The molecule has 8 nitrogen and oxygen atoms in total. The highest BCUT2D eigenvalue weighted by Gasteiger charge is 2.59. The van der Waals surface area contributed by atoms with E-state index in [1.54, 1.807) is 11.6 Å². The Morgan fingerprint density at radius 1 is 1.10 bits per heavy atom. The van der Waals surface area contributed by atoms with Gasteiger partial charge in [0.25, 0.3) is 0 Å². The van der Waals surface area contributed by atoms with Crippen LogP contribution in [0.5, 0.6) is 0 Å². The van der Waals surface area contributed by atoms with Crippen LogP contribution in [-0.4, -0.2) is 39.5 Å². The Kier molecular flexibility index (Phi) is 7.44. The van der Waals surface area contributed by atoms with Crippen LogP contribution in [-0.2, 0) is 0 Å². The fourth-order valence-electron chi connectivity index (χ4n) is 10.3. The van der Waals surface area contributed by atoms with Crippen LogP contribution in [0.1, 0.15) is 98.3 Å². The van der Waals surface area contributed by atoms with E-state index in [0.717, 1.165) is 61.5 Å². The van der Waals surface area contributed by atoms with Crippen molar-refractivity contribution in [2.24, 2.45) is 40.4 Å². The van der Waals surface area contributed by atoms with E-state index in [9.17, 15) is 15.2 Å². The maximum atomic E-state index is 11.4. The highest BCUT2D eigenvalue weighted by Crippen LogP contribution is 2.67. The van der Waals surface area contributed by atoms with E-state index in [1.807, 2.05) is 7.05 Å². The van der Waals surface area contributed by atoms with E-state index in [0.29, 0.717) is 22.3 Å². The molecule has 0 bridgehead atoms. The molecule has 8 heteroatoms. The van der Waals surface area contributed by atoms with Gasteiger partial charge in [0, 0.05) is 19.2 Å². The highest BCUT2D eigenvalue weighted by molar-refractivity contribution is 5.93. The van der Waals surface area contributed by atoms with Gasteiger partial charge >= 0.3 is 5.69 Å². The number of hydrogen-bond acceptors (Lipinski definition) is 7. The summed E-state index contributed by atoms with van der Waals surface area (Å²) in [5.41, 5.74) is 3.73. The van der Waals surface area contributed by atoms with Crippen LogP contribution in [0, 0.1) is 50.5 Å². The lowest BCUT2D eigenvalue weighted by atomic mass is 9.47. The number of nitro groups is 1. The fourth-order valence-corrected chi connectivity index (χ4v) is 10.3. The second kappa shape index (κ2) is 10.7. The van der Waals surface area contributed by atoms with Crippen molar-refractivity contribution in [3.63, 3.8) is 0 Å². The number of allylic oxidation sites excluding steroid dienone is 1. The Morgan fingerprint density at radius 3 is 2.66 bits per heavy atom. The molecule has 0 spiro atoms. The molecule has 1 N–H and O–H groups in total. The molecule has 0 radical (unpaired) electrons. The molecular weight excluding hydrogens is 516 g/mol. The molecule has 1 aromatic heterocycles. The summed E-state index contributed by atoms with van der Waals surface area (Å²) in [5, 5.41) is 29.5. The zero-order valence-corrected chi connectivity index (χ0v) is 25.5. The van der Waals surface area contributed by atoms with Crippen LogP contribution in [0.2, 0.25) is 0 Å². The van der Waals surface area contributed by atoms with Gasteiger partial charge in [-0.15, -0.1) is 0 Å². The van der Waals surface area contributed by atoms with Gasteiger partial charge in [-0.05, 0) is 122 Å². The molecule has 0 saturated heterocycles. The summed E-state index contributed by atoms with van der Waals surface area (Å²) in [4.78, 5) is 13.1. The quantitative estimate of drug-likeness (QED) is 0.199. The van der Waals surface area contributed by atoms with Crippen LogP contribution in [0.15, 0.2) is 28.4 Å². The SMILES string of the molecule is CC(CCC[C@@H](C)[C@H]1CC[C@H]2[C@@H]3CC=C4C[C@@H](O)CC[C@]4(C)[C@@H]3CC[C@]12C)N(C)c1ccc([N+](=O)[O-])c2nonc12. The number of nitrogens with zero attached hydrogens (tertiary/aromatic N) is 4. The summed E-state index contributed by atoms with van der Waals surface area (Å²) < 4.78 is 4.87. The molecule has 41 heavy (non-hydrogen) atoms. The predicted octanol–water partition coefficient (Wildman–Crippen LogP) is 7.70. The lowest BCUT2D eigenvalue weighted by molar-refractivity contribution is -0.383. The second-order valence-corrected chi connectivity index (χ2v) is 14.6. The maximum absolute atomic E-state index is 11.4. The molecule has 1 heterocycles. The topological polar surface area (TPSA) is 106 Å². The van der Waals surface area contributed by atoms with E-state index >= 15 is 0 Å². The largest absolute Gasteiger partial charge is 0.393 e. The molecule has 2 aromatic rings. The number of nitro benzene ring substituents is 1. The highest BCUT2D eigenvalue weighted by atomic mass is 16.6. The fraction of sp³-hybridized carbons (Fsp3) is 0.758. The number of aliphatic hydroxyl groups is 1. The summed E-state index contributed by atoms with van der Waals surface area (Å²) in [7, 11) is 2.03. The first kappa shape index (κ1) is 28.6. The van der Waals surface area contributed by atoms with Gasteiger partial charge < -0.3 is 10.0 Å². The normalized spacial score (nSPS) is 36.1. The Bertz CT molecular complexity index is 1320. The summed E-state index contributed by atoms with van der Waals surface area (Å²) in [5.74, 6) is 3.95. The van der Waals surface area contributed by atoms with Crippen LogP contribution >= 0.6 is 0 Å². The minimum absolute atomic E-state index is 0.0754. The van der Waals surface area contributed by atoms with Crippen molar-refractivity contribution in [2.45, 2.75) is 110 Å². The number of hydrogen-bond donors (Lipinski definition) is 1. The van der Waals surface area contributed by atoms with Gasteiger partial charge in [-0.3, -0.25) is 10.1 Å². The van der Waals surface area contributed by atoms with Gasteiger partial charge in [-0.25, -0.2) is 4.63 Å². The summed E-state index contributed by atoms with van der Waals surface area (Å²) in [6, 6.07) is 3.53. The van der Waals surface area contributed by atoms with Crippen molar-refractivity contribution < 1.29 is 14.7 Å². The van der Waals surface area contributed by atoms with Crippen LogP contribution in [0.25, 0.3) is 11.0 Å². The molecule has 4 aliphatic rings. The zero-order chi connectivity index (χ0) is 29.1. The molecular formula is C33H48N4O4. The number of aromatic nitrogens is 2. The van der Waals surface area contributed by atoms with Crippen LogP contribution in [0.3, 0.4) is 0 Å². The number of fused-ring (bicyclic) bond motifs is 6. The van der Waals surface area contributed by atoms with Crippen molar-refractivity contribution in [1.82, 2.24) is 10.3 Å². The minimum Gasteiger partial charge on any atom is -0.393 e. The molecule has 4 aliphatic carbocycles. The van der Waals surface area contributed by atoms with Crippen LogP contribution in [0.4, 0.5) is 11.4 Å². The predicted molar refractivity (Wildman–Crippen MR) is 161 cm³/mol. The van der Waals surface area contributed by atoms with E-state index in [2.05, 4.69) is 49.0 Å². The van der Waals surface area contributed by atoms with Crippen molar-refractivity contribution in [3.05, 3.63) is 33.9 Å². The Labute approximate surface area is 244 Å². The number of non-ortho nitro benzene ring substituents is 1. The summed E-state index contributed by atoms with van der Waals surface area (Å²) in [6.07, 6.45) is 15.6. The standard InChI is InChI=1S/C33H48N4O4/c1-20(7-6-8-21(2)36(5)28-13-14-29(37(39)40)31-30(28)34-41-35-31)25-11-12-26-24-10-9-22-19-23(38)15-17-32(22,3)27(24)16-18-33(25,26)4/h9,13-14,20-21,23-27,38H,6-8,10-12,15-19H2,1-5H3/t20-,21?,23+,24+,25-,26+,27-,32+,33-/m1/s1. The molecule has 0 amide bonds. The lowest BCUT2D eigenvalue weighted by Crippen LogP contribution is -2.50. The van der Waals surface area contributed by atoms with Gasteiger partial charge in [0.2, 0.25) is 5.52 Å². The third kappa shape index (κ3) is 4.68. The van der Waals surface area contributed by atoms with Crippen molar-refractivity contribution in [1.29, 1.82) is 0 Å². The maximum Gasteiger partial charge on any atom is 0.300 e. The molecule has 1 unspecified atom stereocenters. The average molecular weight is 565 g/mol. The van der Waals surface area contributed by atoms with Gasteiger partial charge in [-0.1, -0.05) is 45.3 Å². The summed E-state index contributed by atoms with van der Waals surface area (Å²) >= 11 is 0. The van der Waals surface area contributed by atoms with Crippen molar-refractivity contribution >= 4 is 22.4 Å². The van der Waals surface area contributed by atoms with Crippen molar-refractivity contribution in [3.8, 4) is 0 Å². The lowest BCUT2D eigenvalue weighted by Gasteiger charge is -2.58. The van der Waals surface area contributed by atoms with E-state index in [1.165, 1.54) is 44.6 Å². The van der Waals surface area contributed by atoms with E-state index < -0.39 is 4.92 Å². The number of benzene rings is 1. The first-order chi connectivity index (χ1) is 19.5. The first-order valence-electron chi connectivity index (χ1n) is 16.0. The second-order valence-electron chi connectivity index (χ2n) is 14.6. The van der Waals surface area contributed by atoms with Crippen LogP contribution < -0.4 is 4.90 Å². The molecule has 6 rings (SSSR count). The number of anilines is 1. The van der Waals surface area contributed by atoms with Gasteiger partial charge in [0.05, 0.1) is 16.7 Å². The molecule has 224 valence electrons. The van der Waals surface area contributed by atoms with Crippen molar-refractivity contribution in [2.75, 3.05) is 11.9 Å². The molecule has 1 aromatic carbocycles.